The molecule has 164 valence electrons. The van der Waals surface area contributed by atoms with Crippen LogP contribution in [0.15, 0.2) is 52.3 Å². The molecule has 1 N–H and O–H groups in total. The standard InChI is InChI=1S/C21H29N3O4S2/c1-16-11-13-24(14-12-16)21-10-5-17(2)15-20(21)22-29(25,26)18-6-8-19(9-7-18)30(27,28)23(3)4/h5-10,15-16,22H,11-14H2,1-4H3. The van der Waals surface area contributed by atoms with Gasteiger partial charge in [-0.25, -0.2) is 21.1 Å². The first kappa shape index (κ1) is 22.6. The Morgan fingerprint density at radius 2 is 1.50 bits per heavy atom. The van der Waals surface area contributed by atoms with Gasteiger partial charge < -0.3 is 4.90 Å². The van der Waals surface area contributed by atoms with Crippen molar-refractivity contribution in [2.45, 2.75) is 36.5 Å². The van der Waals surface area contributed by atoms with Gasteiger partial charge in [-0.1, -0.05) is 13.0 Å². The normalized spacial score (nSPS) is 16.1. The van der Waals surface area contributed by atoms with Crippen LogP contribution < -0.4 is 9.62 Å². The van der Waals surface area contributed by atoms with Crippen molar-refractivity contribution in [1.29, 1.82) is 0 Å². The molecule has 7 nitrogen and oxygen atoms in total. The zero-order valence-corrected chi connectivity index (χ0v) is 19.4. The van der Waals surface area contributed by atoms with Gasteiger partial charge >= 0.3 is 0 Å². The van der Waals surface area contributed by atoms with Gasteiger partial charge in [0, 0.05) is 27.2 Å². The maximum atomic E-state index is 13.0. The lowest BCUT2D eigenvalue weighted by atomic mass is 9.98. The monoisotopic (exact) mass is 451 g/mol. The third-order valence-corrected chi connectivity index (χ3v) is 8.64. The van der Waals surface area contributed by atoms with E-state index in [9.17, 15) is 16.8 Å². The Morgan fingerprint density at radius 3 is 2.07 bits per heavy atom. The minimum Gasteiger partial charge on any atom is -0.370 e. The van der Waals surface area contributed by atoms with Crippen molar-refractivity contribution in [1.82, 2.24) is 4.31 Å². The average molecular weight is 452 g/mol. The van der Waals surface area contributed by atoms with Crippen molar-refractivity contribution >= 4 is 31.4 Å². The van der Waals surface area contributed by atoms with Crippen LogP contribution >= 0.6 is 0 Å². The van der Waals surface area contributed by atoms with Crippen LogP contribution in [-0.4, -0.2) is 48.3 Å². The molecule has 0 aliphatic carbocycles. The lowest BCUT2D eigenvalue weighted by Gasteiger charge is -2.33. The summed E-state index contributed by atoms with van der Waals surface area (Å²) >= 11 is 0. The van der Waals surface area contributed by atoms with Gasteiger partial charge in [-0.2, -0.15) is 0 Å². The van der Waals surface area contributed by atoms with E-state index in [4.69, 9.17) is 0 Å². The molecule has 1 fully saturated rings. The topological polar surface area (TPSA) is 86.8 Å². The second-order valence-corrected chi connectivity index (χ2v) is 11.9. The fraction of sp³-hybridized carbons (Fsp3) is 0.429. The molecule has 1 aliphatic heterocycles. The third kappa shape index (κ3) is 4.79. The zero-order chi connectivity index (χ0) is 22.1. The first-order valence-electron chi connectivity index (χ1n) is 9.92. The summed E-state index contributed by atoms with van der Waals surface area (Å²) < 4.78 is 54.2. The Bertz CT molecular complexity index is 1100. The van der Waals surface area contributed by atoms with Gasteiger partial charge in [-0.3, -0.25) is 4.72 Å². The van der Waals surface area contributed by atoms with E-state index in [1.807, 2.05) is 25.1 Å². The van der Waals surface area contributed by atoms with Gasteiger partial charge in [0.15, 0.2) is 0 Å². The van der Waals surface area contributed by atoms with Crippen LogP contribution in [0.2, 0.25) is 0 Å². The molecular weight excluding hydrogens is 422 g/mol. The molecule has 9 heteroatoms. The van der Waals surface area contributed by atoms with E-state index in [0.717, 1.165) is 41.5 Å². The van der Waals surface area contributed by atoms with Crippen LogP contribution in [0.1, 0.15) is 25.3 Å². The van der Waals surface area contributed by atoms with E-state index in [1.165, 1.54) is 38.4 Å². The van der Waals surface area contributed by atoms with Crippen molar-refractivity contribution in [3.8, 4) is 0 Å². The number of aryl methyl sites for hydroxylation is 1. The number of nitrogens with zero attached hydrogens (tertiary/aromatic N) is 2. The molecule has 0 unspecified atom stereocenters. The first-order valence-corrected chi connectivity index (χ1v) is 12.8. The highest BCUT2D eigenvalue weighted by Crippen LogP contribution is 2.32. The number of sulfonamides is 2. The molecule has 2 aromatic carbocycles. The highest BCUT2D eigenvalue weighted by molar-refractivity contribution is 7.92. The highest BCUT2D eigenvalue weighted by Gasteiger charge is 2.23. The number of anilines is 2. The van der Waals surface area contributed by atoms with Crippen LogP contribution in [-0.2, 0) is 20.0 Å². The quantitative estimate of drug-likeness (QED) is 0.728. The van der Waals surface area contributed by atoms with Crippen molar-refractivity contribution in [2.24, 2.45) is 5.92 Å². The van der Waals surface area contributed by atoms with E-state index >= 15 is 0 Å². The summed E-state index contributed by atoms with van der Waals surface area (Å²) in [4.78, 5) is 2.27. The van der Waals surface area contributed by atoms with Crippen LogP contribution in [0, 0.1) is 12.8 Å². The largest absolute Gasteiger partial charge is 0.370 e. The molecule has 1 aliphatic rings. The van der Waals surface area contributed by atoms with Crippen molar-refractivity contribution in [3.05, 3.63) is 48.0 Å². The summed E-state index contributed by atoms with van der Waals surface area (Å²) in [6.45, 7) is 5.92. The minimum atomic E-state index is -3.87. The molecule has 3 rings (SSSR count). The molecule has 0 radical (unpaired) electrons. The summed E-state index contributed by atoms with van der Waals surface area (Å²) in [5, 5.41) is 0. The SMILES string of the molecule is Cc1ccc(N2CCC(C)CC2)c(NS(=O)(=O)c2ccc(S(=O)(=O)N(C)C)cc2)c1. The van der Waals surface area contributed by atoms with Crippen molar-refractivity contribution in [3.63, 3.8) is 0 Å². The molecule has 0 amide bonds. The fourth-order valence-electron chi connectivity index (χ4n) is 3.46. The van der Waals surface area contributed by atoms with E-state index in [-0.39, 0.29) is 9.79 Å². The van der Waals surface area contributed by atoms with E-state index in [0.29, 0.717) is 11.6 Å². The van der Waals surface area contributed by atoms with Gasteiger partial charge in [0.25, 0.3) is 10.0 Å². The Balaban J connectivity index is 1.89. The Morgan fingerprint density at radius 1 is 0.933 bits per heavy atom. The number of hydrogen-bond acceptors (Lipinski definition) is 5. The first-order chi connectivity index (χ1) is 14.0. The Kier molecular flexibility index (Phi) is 6.45. The summed E-state index contributed by atoms with van der Waals surface area (Å²) in [5.41, 5.74) is 2.35. The predicted octanol–water partition coefficient (Wildman–Crippen LogP) is 3.28. The maximum absolute atomic E-state index is 13.0. The molecule has 1 heterocycles. The molecule has 0 bridgehead atoms. The molecular formula is C21H29N3O4S2. The lowest BCUT2D eigenvalue weighted by molar-refractivity contribution is 0.438. The summed E-state index contributed by atoms with van der Waals surface area (Å²) in [5.74, 6) is 0.670. The Hall–Kier alpha value is -2.10. The van der Waals surface area contributed by atoms with Crippen LogP contribution in [0.3, 0.4) is 0 Å². The average Bonchev–Trinajstić information content (AvgIpc) is 2.69. The van der Waals surface area contributed by atoms with Crippen molar-refractivity contribution in [2.75, 3.05) is 36.8 Å². The van der Waals surface area contributed by atoms with E-state index in [2.05, 4.69) is 16.5 Å². The molecule has 0 atom stereocenters. The van der Waals surface area contributed by atoms with Crippen LogP contribution in [0.4, 0.5) is 11.4 Å². The maximum Gasteiger partial charge on any atom is 0.261 e. The summed E-state index contributed by atoms with van der Waals surface area (Å²) in [7, 11) is -4.62. The van der Waals surface area contributed by atoms with Gasteiger partial charge in [-0.05, 0) is 67.6 Å². The molecule has 0 spiro atoms. The predicted molar refractivity (Wildman–Crippen MR) is 120 cm³/mol. The van der Waals surface area contributed by atoms with Gasteiger partial charge in [-0.15, -0.1) is 0 Å². The zero-order valence-electron chi connectivity index (χ0n) is 17.8. The van der Waals surface area contributed by atoms with Gasteiger partial charge in [0.2, 0.25) is 10.0 Å². The number of piperidine rings is 1. The molecule has 1 saturated heterocycles. The van der Waals surface area contributed by atoms with E-state index in [1.54, 1.807) is 0 Å². The molecule has 0 aromatic heterocycles. The number of benzene rings is 2. The van der Waals surface area contributed by atoms with Gasteiger partial charge in [0.1, 0.15) is 0 Å². The highest BCUT2D eigenvalue weighted by atomic mass is 32.2. The second-order valence-electron chi connectivity index (χ2n) is 8.05. The van der Waals surface area contributed by atoms with Gasteiger partial charge in [0.05, 0.1) is 21.2 Å². The summed E-state index contributed by atoms with van der Waals surface area (Å²) in [6, 6.07) is 11.0. The number of nitrogens with one attached hydrogen (secondary N) is 1. The van der Waals surface area contributed by atoms with Crippen molar-refractivity contribution < 1.29 is 16.8 Å². The van der Waals surface area contributed by atoms with Crippen LogP contribution in [0.25, 0.3) is 0 Å². The Labute approximate surface area is 179 Å². The number of rotatable bonds is 6. The summed E-state index contributed by atoms with van der Waals surface area (Å²) in [6.07, 6.45) is 2.14. The second kappa shape index (κ2) is 8.56. The smallest absolute Gasteiger partial charge is 0.261 e. The minimum absolute atomic E-state index is 0.0138. The van der Waals surface area contributed by atoms with E-state index < -0.39 is 20.0 Å². The fourth-order valence-corrected chi connectivity index (χ4v) is 5.43. The molecule has 2 aromatic rings. The lowest BCUT2D eigenvalue weighted by Crippen LogP contribution is -2.33. The third-order valence-electron chi connectivity index (χ3n) is 5.43. The number of hydrogen-bond donors (Lipinski definition) is 1. The van der Waals surface area contributed by atoms with Crippen LogP contribution in [0.5, 0.6) is 0 Å². The molecule has 30 heavy (non-hydrogen) atoms. The molecule has 0 saturated carbocycles.